The fourth-order valence-electron chi connectivity index (χ4n) is 3.74. The van der Waals surface area contributed by atoms with E-state index in [4.69, 9.17) is 4.74 Å². The summed E-state index contributed by atoms with van der Waals surface area (Å²) in [5.74, 6) is -0.434. The molecule has 1 saturated heterocycles. The first-order chi connectivity index (χ1) is 12.5. The van der Waals surface area contributed by atoms with Gasteiger partial charge in [0.25, 0.3) is 5.82 Å². The van der Waals surface area contributed by atoms with Crippen molar-refractivity contribution in [2.75, 3.05) is 25.1 Å². The molecular weight excluding hydrogens is 328 g/mol. The fraction of sp³-hybridized carbons (Fsp3) is 0.350. The van der Waals surface area contributed by atoms with E-state index in [1.165, 1.54) is 12.7 Å². The highest BCUT2D eigenvalue weighted by molar-refractivity contribution is 5.85. The number of methoxy groups -OCH3 is 1. The number of nitrogens with zero attached hydrogens (tertiary/aromatic N) is 4. The predicted molar refractivity (Wildman–Crippen MR) is 99.7 cm³/mol. The minimum absolute atomic E-state index is 0.0864. The standard InChI is InChI=1S/C20H22N4O2/c1-14-11-16(12-24-18(14)21-17(22-24)19(25)26-3)23-10-9-20(2,13-23)15-7-5-4-6-8-15/h4-8,11-12H,9-10,13H2,1-3H3/t20-/m0/s1. The van der Waals surface area contributed by atoms with Crippen molar-refractivity contribution < 1.29 is 9.53 Å². The Morgan fingerprint density at radius 3 is 2.77 bits per heavy atom. The smallest absolute Gasteiger partial charge is 0.377 e. The quantitative estimate of drug-likeness (QED) is 0.680. The lowest BCUT2D eigenvalue weighted by atomic mass is 9.82. The van der Waals surface area contributed by atoms with Gasteiger partial charge in [-0.2, -0.15) is 0 Å². The zero-order valence-electron chi connectivity index (χ0n) is 15.3. The molecule has 1 fully saturated rings. The summed E-state index contributed by atoms with van der Waals surface area (Å²) in [6.07, 6.45) is 3.04. The van der Waals surface area contributed by atoms with Gasteiger partial charge in [-0.1, -0.05) is 37.3 Å². The number of fused-ring (bicyclic) bond motifs is 1. The van der Waals surface area contributed by atoms with Crippen molar-refractivity contribution >= 4 is 17.3 Å². The van der Waals surface area contributed by atoms with Crippen LogP contribution in [0.15, 0.2) is 42.6 Å². The predicted octanol–water partition coefficient (Wildman–Crippen LogP) is 2.99. The first-order valence-corrected chi connectivity index (χ1v) is 8.76. The van der Waals surface area contributed by atoms with Crippen LogP contribution in [0.2, 0.25) is 0 Å². The normalized spacial score (nSPS) is 19.9. The number of hydrogen-bond acceptors (Lipinski definition) is 5. The van der Waals surface area contributed by atoms with Crippen LogP contribution in [0, 0.1) is 6.92 Å². The number of rotatable bonds is 3. The lowest BCUT2D eigenvalue weighted by Crippen LogP contribution is -2.28. The minimum atomic E-state index is -0.521. The maximum Gasteiger partial charge on any atom is 0.377 e. The van der Waals surface area contributed by atoms with Gasteiger partial charge in [0.1, 0.15) is 0 Å². The van der Waals surface area contributed by atoms with Crippen molar-refractivity contribution in [2.45, 2.75) is 25.7 Å². The number of hydrogen-bond donors (Lipinski definition) is 0. The summed E-state index contributed by atoms with van der Waals surface area (Å²) in [7, 11) is 1.33. The molecule has 1 aromatic carbocycles. The summed E-state index contributed by atoms with van der Waals surface area (Å²) in [5, 5.41) is 4.28. The molecule has 1 atom stereocenters. The molecule has 0 amide bonds. The Balaban J connectivity index is 1.66. The molecule has 0 unspecified atom stereocenters. The second-order valence-electron chi connectivity index (χ2n) is 7.17. The van der Waals surface area contributed by atoms with E-state index in [-0.39, 0.29) is 11.2 Å². The summed E-state index contributed by atoms with van der Waals surface area (Å²) >= 11 is 0. The highest BCUT2D eigenvalue weighted by Crippen LogP contribution is 2.36. The minimum Gasteiger partial charge on any atom is -0.463 e. The van der Waals surface area contributed by atoms with Crippen molar-refractivity contribution in [1.29, 1.82) is 0 Å². The molecular formula is C20H22N4O2. The van der Waals surface area contributed by atoms with Crippen LogP contribution in [0.3, 0.4) is 0 Å². The molecule has 1 aliphatic heterocycles. The van der Waals surface area contributed by atoms with Crippen LogP contribution in [-0.4, -0.2) is 40.8 Å². The van der Waals surface area contributed by atoms with E-state index in [0.29, 0.717) is 5.65 Å². The summed E-state index contributed by atoms with van der Waals surface area (Å²) in [6, 6.07) is 12.8. The Labute approximate surface area is 152 Å². The van der Waals surface area contributed by atoms with Crippen molar-refractivity contribution in [3.8, 4) is 0 Å². The number of aryl methyl sites for hydroxylation is 1. The van der Waals surface area contributed by atoms with Crippen LogP contribution >= 0.6 is 0 Å². The third kappa shape index (κ3) is 2.71. The lowest BCUT2D eigenvalue weighted by Gasteiger charge is -2.26. The van der Waals surface area contributed by atoms with Gasteiger partial charge in [-0.25, -0.2) is 14.3 Å². The molecule has 6 heteroatoms. The van der Waals surface area contributed by atoms with Crippen molar-refractivity contribution in [1.82, 2.24) is 14.6 Å². The fourth-order valence-corrected chi connectivity index (χ4v) is 3.74. The Bertz CT molecular complexity index is 967. The maximum atomic E-state index is 11.7. The number of esters is 1. The largest absolute Gasteiger partial charge is 0.463 e. The average molecular weight is 350 g/mol. The maximum absolute atomic E-state index is 11.7. The SMILES string of the molecule is COC(=O)c1nc2c(C)cc(N3CC[C@](C)(c4ccccc4)C3)cn2n1. The molecule has 0 bridgehead atoms. The van der Waals surface area contributed by atoms with E-state index in [0.717, 1.165) is 30.8 Å². The number of benzene rings is 1. The second-order valence-corrected chi connectivity index (χ2v) is 7.17. The Morgan fingerprint density at radius 1 is 1.27 bits per heavy atom. The molecule has 0 aliphatic carbocycles. The number of pyridine rings is 1. The van der Waals surface area contributed by atoms with Gasteiger partial charge in [-0.3, -0.25) is 0 Å². The zero-order valence-corrected chi connectivity index (χ0v) is 15.3. The average Bonchev–Trinajstić information content (AvgIpc) is 3.27. The molecule has 1 aliphatic rings. The Hall–Kier alpha value is -2.89. The van der Waals surface area contributed by atoms with Crippen molar-refractivity contribution in [2.24, 2.45) is 0 Å². The molecule has 3 aromatic rings. The Kier molecular flexibility index (Phi) is 3.90. The molecule has 3 heterocycles. The van der Waals surface area contributed by atoms with Crippen molar-refractivity contribution in [3.63, 3.8) is 0 Å². The third-order valence-corrected chi connectivity index (χ3v) is 5.28. The molecule has 6 nitrogen and oxygen atoms in total. The number of carbonyl (C=O) groups excluding carboxylic acids is 1. The van der Waals surface area contributed by atoms with Gasteiger partial charge in [-0.05, 0) is 30.5 Å². The van der Waals surface area contributed by atoms with E-state index in [1.807, 2.05) is 13.1 Å². The van der Waals surface area contributed by atoms with E-state index in [9.17, 15) is 4.79 Å². The lowest BCUT2D eigenvalue weighted by molar-refractivity contribution is 0.0587. The van der Waals surface area contributed by atoms with Gasteiger partial charge < -0.3 is 9.64 Å². The molecule has 26 heavy (non-hydrogen) atoms. The third-order valence-electron chi connectivity index (χ3n) is 5.28. The van der Waals surface area contributed by atoms with Gasteiger partial charge in [-0.15, -0.1) is 5.10 Å². The molecule has 0 N–H and O–H groups in total. The van der Waals surface area contributed by atoms with E-state index < -0.39 is 5.97 Å². The number of carbonyl (C=O) groups is 1. The highest BCUT2D eigenvalue weighted by atomic mass is 16.5. The second kappa shape index (κ2) is 6.12. The highest BCUT2D eigenvalue weighted by Gasteiger charge is 2.35. The van der Waals surface area contributed by atoms with Crippen LogP contribution in [0.25, 0.3) is 5.65 Å². The van der Waals surface area contributed by atoms with Crippen LogP contribution in [0.1, 0.15) is 35.1 Å². The molecule has 0 saturated carbocycles. The van der Waals surface area contributed by atoms with Gasteiger partial charge in [0, 0.05) is 18.5 Å². The molecule has 4 rings (SSSR count). The Morgan fingerprint density at radius 2 is 2.04 bits per heavy atom. The number of anilines is 1. The first kappa shape index (κ1) is 16.6. The molecule has 0 radical (unpaired) electrons. The van der Waals surface area contributed by atoms with Gasteiger partial charge in [0.2, 0.25) is 0 Å². The zero-order chi connectivity index (χ0) is 18.3. The molecule has 2 aromatic heterocycles. The summed E-state index contributed by atoms with van der Waals surface area (Å²) in [5.41, 5.74) is 4.26. The topological polar surface area (TPSA) is 59.7 Å². The van der Waals surface area contributed by atoms with E-state index in [2.05, 4.69) is 58.3 Å². The summed E-state index contributed by atoms with van der Waals surface area (Å²) in [4.78, 5) is 18.4. The first-order valence-electron chi connectivity index (χ1n) is 8.76. The summed E-state index contributed by atoms with van der Waals surface area (Å²) in [6.45, 7) is 6.23. The van der Waals surface area contributed by atoms with E-state index in [1.54, 1.807) is 4.52 Å². The van der Waals surface area contributed by atoms with E-state index >= 15 is 0 Å². The van der Waals surface area contributed by atoms with Crippen LogP contribution in [-0.2, 0) is 10.2 Å². The van der Waals surface area contributed by atoms with Gasteiger partial charge in [0.15, 0.2) is 5.65 Å². The number of aromatic nitrogens is 3. The van der Waals surface area contributed by atoms with Gasteiger partial charge >= 0.3 is 5.97 Å². The van der Waals surface area contributed by atoms with Crippen LogP contribution < -0.4 is 4.90 Å². The van der Waals surface area contributed by atoms with Crippen molar-refractivity contribution in [3.05, 3.63) is 59.5 Å². The molecule has 0 spiro atoms. The van der Waals surface area contributed by atoms with Gasteiger partial charge in [0.05, 0.1) is 19.0 Å². The molecule has 134 valence electrons. The van der Waals surface area contributed by atoms with Crippen LogP contribution in [0.5, 0.6) is 0 Å². The monoisotopic (exact) mass is 350 g/mol. The number of ether oxygens (including phenoxy) is 1. The summed E-state index contributed by atoms with van der Waals surface area (Å²) < 4.78 is 6.40. The van der Waals surface area contributed by atoms with Crippen LogP contribution in [0.4, 0.5) is 5.69 Å².